The Labute approximate surface area is 230 Å². The zero-order valence-electron chi connectivity index (χ0n) is 22.3. The molecule has 1 aliphatic carbocycles. The molecule has 4 aliphatic rings. The molecular formula is C31H39N5O3. The summed E-state index contributed by atoms with van der Waals surface area (Å²) in [6.07, 6.45) is 20.6. The predicted molar refractivity (Wildman–Crippen MR) is 155 cm³/mol. The summed E-state index contributed by atoms with van der Waals surface area (Å²) in [5, 5.41) is 36.6. The maximum Gasteiger partial charge on any atom is 0.134 e. The Hall–Kier alpha value is -3.43. The number of aliphatic hydroxyl groups excluding tert-OH is 2. The number of hydrogen-bond donors (Lipinski definition) is 5. The third-order valence-corrected chi connectivity index (χ3v) is 7.64. The minimum atomic E-state index is -0.788. The second-order valence-corrected chi connectivity index (χ2v) is 10.5. The van der Waals surface area contributed by atoms with E-state index in [1.807, 2.05) is 41.3 Å². The lowest BCUT2D eigenvalue weighted by Gasteiger charge is -2.37. The third kappa shape index (κ3) is 7.16. The molecule has 39 heavy (non-hydrogen) atoms. The van der Waals surface area contributed by atoms with Gasteiger partial charge in [0.05, 0.1) is 30.7 Å². The Bertz CT molecular complexity index is 1210. The molecule has 0 spiro atoms. The van der Waals surface area contributed by atoms with Crippen LogP contribution in [0.1, 0.15) is 30.2 Å². The van der Waals surface area contributed by atoms with Crippen molar-refractivity contribution in [3.8, 4) is 0 Å². The first kappa shape index (κ1) is 27.1. The number of nitrogens with one attached hydrogen (secondary N) is 3. The maximum absolute atomic E-state index is 11.2. The number of benzene rings is 1. The molecule has 0 saturated carbocycles. The predicted octanol–water partition coefficient (Wildman–Crippen LogP) is 3.38. The molecular weight excluding hydrogens is 490 g/mol. The zero-order valence-corrected chi connectivity index (χ0v) is 22.3. The van der Waals surface area contributed by atoms with Crippen molar-refractivity contribution in [1.82, 2.24) is 15.1 Å². The van der Waals surface area contributed by atoms with Crippen LogP contribution < -0.4 is 10.6 Å². The van der Waals surface area contributed by atoms with Gasteiger partial charge in [-0.1, -0.05) is 42.5 Å². The van der Waals surface area contributed by atoms with Crippen LogP contribution in [0.3, 0.4) is 0 Å². The quantitative estimate of drug-likeness (QED) is 0.313. The number of hydrogen-bond acceptors (Lipinski definition) is 8. The number of β-amino-alcohol motifs (C(OH)–C–C–N with tert-alkyl or cyclic N) is 1. The van der Waals surface area contributed by atoms with E-state index in [4.69, 9.17) is 10.1 Å². The molecule has 8 nitrogen and oxygen atoms in total. The largest absolute Gasteiger partial charge is 0.501 e. The average molecular weight is 530 g/mol. The van der Waals surface area contributed by atoms with Crippen LogP contribution in [0.5, 0.6) is 0 Å². The van der Waals surface area contributed by atoms with Crippen molar-refractivity contribution in [3.05, 3.63) is 101 Å². The van der Waals surface area contributed by atoms with Crippen LogP contribution >= 0.6 is 0 Å². The summed E-state index contributed by atoms with van der Waals surface area (Å²) in [5.74, 6) is 0. The van der Waals surface area contributed by atoms with Gasteiger partial charge in [-0.25, -0.2) is 0 Å². The van der Waals surface area contributed by atoms with Crippen molar-refractivity contribution in [2.75, 3.05) is 44.6 Å². The Morgan fingerprint density at radius 1 is 1.10 bits per heavy atom. The fourth-order valence-electron chi connectivity index (χ4n) is 5.51. The molecule has 0 saturated heterocycles. The highest BCUT2D eigenvalue weighted by atomic mass is 16.5. The fourth-order valence-corrected chi connectivity index (χ4v) is 5.51. The van der Waals surface area contributed by atoms with Gasteiger partial charge in [0.1, 0.15) is 6.23 Å². The molecule has 0 amide bonds. The molecule has 5 rings (SSSR count). The molecule has 206 valence electrons. The maximum atomic E-state index is 11.2. The van der Waals surface area contributed by atoms with Gasteiger partial charge in [0.15, 0.2) is 0 Å². The number of nitrogens with zero attached hydrogens (tertiary/aromatic N) is 2. The molecule has 3 aliphatic heterocycles. The van der Waals surface area contributed by atoms with Crippen molar-refractivity contribution in [1.29, 1.82) is 5.41 Å². The second-order valence-electron chi connectivity index (χ2n) is 10.5. The van der Waals surface area contributed by atoms with Gasteiger partial charge in [0, 0.05) is 62.8 Å². The van der Waals surface area contributed by atoms with E-state index in [-0.39, 0.29) is 6.04 Å². The molecule has 0 aromatic heterocycles. The molecule has 3 atom stereocenters. The first-order valence-corrected chi connectivity index (χ1v) is 13.8. The molecule has 0 radical (unpaired) electrons. The van der Waals surface area contributed by atoms with Crippen molar-refractivity contribution in [2.24, 2.45) is 0 Å². The van der Waals surface area contributed by atoms with Crippen molar-refractivity contribution < 1.29 is 14.9 Å². The van der Waals surface area contributed by atoms with Gasteiger partial charge in [-0.15, -0.1) is 0 Å². The molecule has 3 unspecified atom stereocenters. The Morgan fingerprint density at radius 3 is 2.74 bits per heavy atom. The van der Waals surface area contributed by atoms with Crippen LogP contribution in [0.15, 0.2) is 90.0 Å². The fraction of sp³-hybridized carbons (Fsp3) is 0.387. The van der Waals surface area contributed by atoms with E-state index in [0.717, 1.165) is 49.2 Å². The second kappa shape index (κ2) is 13.1. The summed E-state index contributed by atoms with van der Waals surface area (Å²) < 4.78 is 5.23. The zero-order chi connectivity index (χ0) is 27.0. The highest BCUT2D eigenvalue weighted by molar-refractivity contribution is 5.80. The lowest BCUT2D eigenvalue weighted by molar-refractivity contribution is -0.0366. The summed E-state index contributed by atoms with van der Waals surface area (Å²) in [6.45, 7) is 4.09. The molecule has 0 bridgehead atoms. The lowest BCUT2D eigenvalue weighted by Crippen LogP contribution is -2.45. The highest BCUT2D eigenvalue weighted by Gasteiger charge is 2.28. The van der Waals surface area contributed by atoms with Crippen LogP contribution in [0, 0.1) is 5.41 Å². The van der Waals surface area contributed by atoms with Gasteiger partial charge in [-0.2, -0.15) is 0 Å². The molecule has 0 fully saturated rings. The van der Waals surface area contributed by atoms with E-state index in [2.05, 4.69) is 39.8 Å². The smallest absolute Gasteiger partial charge is 0.134 e. The van der Waals surface area contributed by atoms with Crippen LogP contribution in [0.4, 0.5) is 5.69 Å². The van der Waals surface area contributed by atoms with Crippen LogP contribution in [-0.2, 0) is 11.2 Å². The van der Waals surface area contributed by atoms with Gasteiger partial charge in [0.25, 0.3) is 0 Å². The first-order valence-electron chi connectivity index (χ1n) is 13.8. The Morgan fingerprint density at radius 2 is 1.95 bits per heavy atom. The highest BCUT2D eigenvalue weighted by Crippen LogP contribution is 2.31. The third-order valence-electron chi connectivity index (χ3n) is 7.64. The number of aliphatic hydroxyl groups is 2. The Balaban J connectivity index is 1.17. The van der Waals surface area contributed by atoms with Crippen LogP contribution in [0.2, 0.25) is 0 Å². The molecule has 3 heterocycles. The van der Waals surface area contributed by atoms with Gasteiger partial charge in [-0.05, 0) is 47.8 Å². The molecule has 1 aromatic rings. The monoisotopic (exact) mass is 529 g/mol. The van der Waals surface area contributed by atoms with Gasteiger partial charge in [-0.3, -0.25) is 9.80 Å². The van der Waals surface area contributed by atoms with E-state index >= 15 is 0 Å². The summed E-state index contributed by atoms with van der Waals surface area (Å²) in [4.78, 5) is 4.26. The minimum Gasteiger partial charge on any atom is -0.501 e. The number of rotatable bonds is 9. The van der Waals surface area contributed by atoms with Crippen LogP contribution in [-0.4, -0.2) is 77.7 Å². The molecule has 1 aromatic carbocycles. The summed E-state index contributed by atoms with van der Waals surface area (Å²) in [6, 6.07) is 6.14. The SMILES string of the molecule is N=C/C(=C\NC1C=COCC1)Nc1ccc2c(c1)C(O)N(CC(O)CN1CCC3=C(C=C/C=C/C=C\3)C1)CC2. The summed E-state index contributed by atoms with van der Waals surface area (Å²) >= 11 is 0. The number of ether oxygens (including phenoxy) is 1. The van der Waals surface area contributed by atoms with Crippen LogP contribution in [0.25, 0.3) is 0 Å². The normalized spacial score (nSPS) is 25.9. The number of anilines is 1. The van der Waals surface area contributed by atoms with Gasteiger partial charge in [0.2, 0.25) is 0 Å². The van der Waals surface area contributed by atoms with Crippen molar-refractivity contribution >= 4 is 11.9 Å². The molecule has 8 heteroatoms. The molecule has 5 N–H and O–H groups in total. The van der Waals surface area contributed by atoms with E-state index < -0.39 is 12.3 Å². The lowest BCUT2D eigenvalue weighted by atomic mass is 9.96. The number of allylic oxidation sites excluding steroid dienone is 6. The van der Waals surface area contributed by atoms with Gasteiger partial charge < -0.3 is 31.0 Å². The summed E-state index contributed by atoms with van der Waals surface area (Å²) in [7, 11) is 0. The van der Waals surface area contributed by atoms with Crippen molar-refractivity contribution in [2.45, 2.75) is 37.6 Å². The van der Waals surface area contributed by atoms with E-state index in [1.54, 1.807) is 12.5 Å². The van der Waals surface area contributed by atoms with Crippen molar-refractivity contribution in [3.63, 3.8) is 0 Å². The topological polar surface area (TPSA) is 104 Å². The standard InChI is InChI=1S/C31H39N5O3/c32-18-28(19-33-26-11-15-39-16-12-26)34-27-8-7-24-10-14-36(31(38)30(24)17-27)22-29(37)21-35-13-9-23-5-3-1-2-4-6-25(23)20-35/h1-8,11,15,17-19,26,29,31-34,37-38H,9-10,12-14,16,20-22H2/b2-1+,3-1?,4-2?,5-3-,6-4?,23-5?,25-6?,28-19+,32-18?. The Kier molecular flexibility index (Phi) is 9.11. The minimum absolute atomic E-state index is 0.173. The van der Waals surface area contributed by atoms with E-state index in [0.29, 0.717) is 31.9 Å². The van der Waals surface area contributed by atoms with Gasteiger partial charge >= 0.3 is 0 Å². The number of fused-ring (bicyclic) bond motifs is 1. The average Bonchev–Trinajstić information content (AvgIpc) is 2.94. The summed E-state index contributed by atoms with van der Waals surface area (Å²) in [5.41, 5.74) is 6.05. The van der Waals surface area contributed by atoms with E-state index in [9.17, 15) is 10.2 Å². The first-order chi connectivity index (χ1) is 19.1. The van der Waals surface area contributed by atoms with E-state index in [1.165, 1.54) is 17.4 Å².